The van der Waals surface area contributed by atoms with Crippen LogP contribution >= 0.6 is 0 Å². The molecule has 58 valence electrons. The van der Waals surface area contributed by atoms with E-state index < -0.39 is 0 Å². The fourth-order valence-electron chi connectivity index (χ4n) is 0.727. The molecule has 0 unspecified atom stereocenters. The number of carbonyl (C=O) groups excluding carboxylic acids is 1. The minimum absolute atomic E-state index is 0.232. The Hall–Kier alpha value is -1.58. The van der Waals surface area contributed by atoms with E-state index >= 15 is 0 Å². The fourth-order valence-corrected chi connectivity index (χ4v) is 0.727. The highest BCUT2D eigenvalue weighted by molar-refractivity contribution is 5.89. The van der Waals surface area contributed by atoms with Crippen LogP contribution in [0.3, 0.4) is 0 Å². The zero-order chi connectivity index (χ0) is 8.10. The Balaban J connectivity index is 2.62. The van der Waals surface area contributed by atoms with Crippen molar-refractivity contribution in [2.45, 2.75) is 6.42 Å². The first-order valence-electron chi connectivity index (χ1n) is 3.21. The lowest BCUT2D eigenvalue weighted by molar-refractivity contribution is -0.117. The lowest BCUT2D eigenvalue weighted by atomic mass is 10.2. The van der Waals surface area contributed by atoms with E-state index in [1.165, 1.54) is 0 Å². The first-order chi connectivity index (χ1) is 5.29. The summed E-state index contributed by atoms with van der Waals surface area (Å²) < 4.78 is 0. The molecule has 3 N–H and O–H groups in total. The molecule has 1 aliphatic rings. The van der Waals surface area contributed by atoms with Crippen molar-refractivity contribution in [2.75, 3.05) is 0 Å². The van der Waals surface area contributed by atoms with Crippen molar-refractivity contribution in [3.05, 3.63) is 23.9 Å². The average Bonchev–Trinajstić information content (AvgIpc) is 2.14. The molecule has 0 saturated carbocycles. The first-order valence-corrected chi connectivity index (χ1v) is 3.21. The SMILES string of the molecule is NC(=O)CC1=CC=CNN=C1. The Labute approximate surface area is 64.5 Å². The predicted molar refractivity (Wildman–Crippen MR) is 42.7 cm³/mol. The van der Waals surface area contributed by atoms with E-state index in [4.69, 9.17) is 5.73 Å². The molecule has 0 fully saturated rings. The van der Waals surface area contributed by atoms with Crippen molar-refractivity contribution in [3.63, 3.8) is 0 Å². The number of nitrogens with two attached hydrogens (primary N) is 1. The smallest absolute Gasteiger partial charge is 0.221 e. The van der Waals surface area contributed by atoms with Gasteiger partial charge in [0.2, 0.25) is 5.91 Å². The van der Waals surface area contributed by atoms with Gasteiger partial charge < -0.3 is 5.73 Å². The summed E-state index contributed by atoms with van der Waals surface area (Å²) in [4.78, 5) is 10.5. The molecule has 0 aromatic carbocycles. The third-order valence-corrected chi connectivity index (χ3v) is 1.16. The second-order valence-corrected chi connectivity index (χ2v) is 2.13. The van der Waals surface area contributed by atoms with Crippen molar-refractivity contribution in [2.24, 2.45) is 10.8 Å². The number of nitrogens with zero attached hydrogens (tertiary/aromatic N) is 1. The minimum atomic E-state index is -0.349. The highest BCUT2D eigenvalue weighted by Gasteiger charge is 1.98. The average molecular weight is 151 g/mol. The van der Waals surface area contributed by atoms with Gasteiger partial charge in [0, 0.05) is 6.20 Å². The van der Waals surface area contributed by atoms with Crippen molar-refractivity contribution in [1.29, 1.82) is 0 Å². The van der Waals surface area contributed by atoms with Gasteiger partial charge in [-0.05, 0) is 11.6 Å². The van der Waals surface area contributed by atoms with Gasteiger partial charge in [0.1, 0.15) is 0 Å². The van der Waals surface area contributed by atoms with Gasteiger partial charge in [-0.25, -0.2) is 0 Å². The summed E-state index contributed by atoms with van der Waals surface area (Å²) >= 11 is 0. The van der Waals surface area contributed by atoms with Gasteiger partial charge >= 0.3 is 0 Å². The molecule has 1 aliphatic heterocycles. The van der Waals surface area contributed by atoms with Crippen LogP contribution in [-0.4, -0.2) is 12.1 Å². The molecule has 4 nitrogen and oxygen atoms in total. The van der Waals surface area contributed by atoms with Crippen molar-refractivity contribution in [3.8, 4) is 0 Å². The lowest BCUT2D eigenvalue weighted by Gasteiger charge is -1.92. The molecule has 0 spiro atoms. The van der Waals surface area contributed by atoms with Crippen molar-refractivity contribution in [1.82, 2.24) is 5.43 Å². The number of primary amides is 1. The van der Waals surface area contributed by atoms with Gasteiger partial charge in [-0.3, -0.25) is 10.2 Å². The molecule has 1 amide bonds. The van der Waals surface area contributed by atoms with Crippen LogP contribution in [0.25, 0.3) is 0 Å². The summed E-state index contributed by atoms with van der Waals surface area (Å²) in [5.74, 6) is -0.349. The number of hydrazone groups is 1. The van der Waals surface area contributed by atoms with Gasteiger partial charge in [0.05, 0.1) is 12.6 Å². The summed E-state index contributed by atoms with van der Waals surface area (Å²) in [6.07, 6.45) is 7.03. The minimum Gasteiger partial charge on any atom is -0.369 e. The van der Waals surface area contributed by atoms with Crippen LogP contribution in [-0.2, 0) is 4.79 Å². The van der Waals surface area contributed by atoms with Crippen LogP contribution in [0.5, 0.6) is 0 Å². The Morgan fingerprint density at radius 1 is 1.73 bits per heavy atom. The predicted octanol–water partition coefficient (Wildman–Crippen LogP) is -0.109. The third kappa shape index (κ3) is 2.66. The third-order valence-electron chi connectivity index (χ3n) is 1.16. The molecule has 0 aliphatic carbocycles. The molecule has 4 heteroatoms. The van der Waals surface area contributed by atoms with E-state index in [-0.39, 0.29) is 12.3 Å². The zero-order valence-electron chi connectivity index (χ0n) is 5.95. The van der Waals surface area contributed by atoms with Crippen LogP contribution in [0, 0.1) is 0 Å². The normalized spacial score (nSPS) is 15.1. The summed E-state index contributed by atoms with van der Waals surface area (Å²) in [6, 6.07) is 0. The fraction of sp³-hybridized carbons (Fsp3) is 0.143. The lowest BCUT2D eigenvalue weighted by Crippen LogP contribution is -2.11. The maximum atomic E-state index is 10.5. The van der Waals surface area contributed by atoms with Crippen molar-refractivity contribution >= 4 is 12.1 Å². The molecule has 0 aromatic rings. The van der Waals surface area contributed by atoms with E-state index in [1.807, 2.05) is 0 Å². The molecule has 0 radical (unpaired) electrons. The second kappa shape index (κ2) is 3.55. The van der Waals surface area contributed by atoms with Crippen LogP contribution < -0.4 is 11.2 Å². The van der Waals surface area contributed by atoms with E-state index in [1.54, 1.807) is 24.6 Å². The number of amides is 1. The van der Waals surface area contributed by atoms with Gasteiger partial charge in [-0.15, -0.1) is 0 Å². The highest BCUT2D eigenvalue weighted by Crippen LogP contribution is 1.98. The highest BCUT2D eigenvalue weighted by atomic mass is 16.1. The monoisotopic (exact) mass is 151 g/mol. The van der Waals surface area contributed by atoms with E-state index in [0.717, 1.165) is 5.57 Å². The number of hydrogen-bond acceptors (Lipinski definition) is 3. The van der Waals surface area contributed by atoms with Gasteiger partial charge in [0.15, 0.2) is 0 Å². The molecular formula is C7H9N3O. The summed E-state index contributed by atoms with van der Waals surface area (Å²) in [5.41, 5.74) is 8.43. The molecule has 0 saturated heterocycles. The Kier molecular flexibility index (Phi) is 2.43. The summed E-state index contributed by atoms with van der Waals surface area (Å²) in [7, 11) is 0. The number of nitrogens with one attached hydrogen (secondary N) is 1. The summed E-state index contributed by atoms with van der Waals surface area (Å²) in [5, 5.41) is 3.77. The molecular weight excluding hydrogens is 142 g/mol. The summed E-state index contributed by atoms with van der Waals surface area (Å²) in [6.45, 7) is 0. The zero-order valence-corrected chi connectivity index (χ0v) is 5.95. The first kappa shape index (κ1) is 7.53. The Morgan fingerprint density at radius 2 is 2.55 bits per heavy atom. The Bertz CT molecular complexity index is 240. The molecule has 0 aromatic heterocycles. The van der Waals surface area contributed by atoms with Gasteiger partial charge in [-0.2, -0.15) is 5.10 Å². The molecule has 1 heterocycles. The van der Waals surface area contributed by atoms with Crippen LogP contribution in [0.4, 0.5) is 0 Å². The second-order valence-electron chi connectivity index (χ2n) is 2.13. The molecule has 1 rings (SSSR count). The Morgan fingerprint density at radius 3 is 3.27 bits per heavy atom. The van der Waals surface area contributed by atoms with Crippen LogP contribution in [0.15, 0.2) is 29.0 Å². The maximum absolute atomic E-state index is 10.5. The van der Waals surface area contributed by atoms with Crippen LogP contribution in [0.1, 0.15) is 6.42 Å². The molecule has 0 atom stereocenters. The molecule has 11 heavy (non-hydrogen) atoms. The van der Waals surface area contributed by atoms with E-state index in [0.29, 0.717) is 0 Å². The number of allylic oxidation sites excluding steroid dienone is 2. The standard InChI is InChI=1S/C7H9N3O/c8-7(11)4-6-2-1-3-9-10-5-6/h1-3,5,9H,4H2,(H2,8,11). The number of carbonyl (C=O) groups is 1. The number of rotatable bonds is 2. The maximum Gasteiger partial charge on any atom is 0.221 e. The van der Waals surface area contributed by atoms with Crippen LogP contribution in [0.2, 0.25) is 0 Å². The van der Waals surface area contributed by atoms with E-state index in [9.17, 15) is 4.79 Å². The van der Waals surface area contributed by atoms with E-state index in [2.05, 4.69) is 10.5 Å². The number of hydrogen-bond donors (Lipinski definition) is 2. The molecule has 0 bridgehead atoms. The van der Waals surface area contributed by atoms with Crippen molar-refractivity contribution < 1.29 is 4.79 Å². The van der Waals surface area contributed by atoms with Gasteiger partial charge in [0.25, 0.3) is 0 Å². The van der Waals surface area contributed by atoms with Gasteiger partial charge in [-0.1, -0.05) is 6.08 Å². The topological polar surface area (TPSA) is 67.5 Å². The largest absolute Gasteiger partial charge is 0.369 e. The quantitative estimate of drug-likeness (QED) is 0.578.